The molecule has 0 saturated heterocycles. The van der Waals surface area contributed by atoms with E-state index in [9.17, 15) is 0 Å². The van der Waals surface area contributed by atoms with Gasteiger partial charge in [0.25, 0.3) is 0 Å². The Kier molecular flexibility index (Phi) is 4.19. The molecular formula is C15H17N. The van der Waals surface area contributed by atoms with Crippen LogP contribution in [0.3, 0.4) is 0 Å². The highest BCUT2D eigenvalue weighted by Crippen LogP contribution is 2.19. The SMILES string of the molecule is C(=C=NC1CCCCC1)=Cc1ccccc1. The van der Waals surface area contributed by atoms with Crippen LogP contribution in [-0.4, -0.2) is 11.9 Å². The van der Waals surface area contributed by atoms with Gasteiger partial charge in [0, 0.05) is 5.87 Å². The van der Waals surface area contributed by atoms with Gasteiger partial charge in [0.1, 0.15) is 0 Å². The van der Waals surface area contributed by atoms with Crippen LogP contribution >= 0.6 is 0 Å². The molecule has 1 saturated carbocycles. The van der Waals surface area contributed by atoms with Crippen LogP contribution in [-0.2, 0) is 0 Å². The Morgan fingerprint density at radius 3 is 2.56 bits per heavy atom. The van der Waals surface area contributed by atoms with Gasteiger partial charge in [-0.2, -0.15) is 0 Å². The van der Waals surface area contributed by atoms with E-state index in [1.807, 2.05) is 24.3 Å². The highest BCUT2D eigenvalue weighted by molar-refractivity contribution is 5.61. The van der Waals surface area contributed by atoms with E-state index >= 15 is 0 Å². The first-order valence-corrected chi connectivity index (χ1v) is 6.04. The quantitative estimate of drug-likeness (QED) is 0.520. The third kappa shape index (κ3) is 3.55. The maximum Gasteiger partial charge on any atom is 0.0600 e. The van der Waals surface area contributed by atoms with Gasteiger partial charge in [-0.1, -0.05) is 49.6 Å². The van der Waals surface area contributed by atoms with Crippen molar-refractivity contribution in [2.45, 2.75) is 38.1 Å². The fraction of sp³-hybridized carbons (Fsp3) is 0.400. The number of hydrogen-bond acceptors (Lipinski definition) is 1. The molecule has 0 aliphatic heterocycles. The second-order valence-corrected chi connectivity index (χ2v) is 4.23. The third-order valence-corrected chi connectivity index (χ3v) is 2.92. The molecule has 0 bridgehead atoms. The van der Waals surface area contributed by atoms with E-state index in [0.29, 0.717) is 6.04 Å². The molecule has 0 aromatic heterocycles. The first-order chi connectivity index (χ1) is 7.95. The van der Waals surface area contributed by atoms with Gasteiger partial charge in [0.2, 0.25) is 0 Å². The van der Waals surface area contributed by atoms with Gasteiger partial charge in [-0.05, 0) is 30.2 Å². The topological polar surface area (TPSA) is 12.4 Å². The summed E-state index contributed by atoms with van der Waals surface area (Å²) in [6.07, 6.45) is 8.37. The molecule has 1 heteroatoms. The zero-order chi connectivity index (χ0) is 11.1. The van der Waals surface area contributed by atoms with Crippen LogP contribution in [0.2, 0.25) is 0 Å². The van der Waals surface area contributed by atoms with E-state index in [1.165, 1.54) is 32.1 Å². The minimum absolute atomic E-state index is 0.491. The normalized spacial score (nSPS) is 16.0. The van der Waals surface area contributed by atoms with Crippen LogP contribution in [0.25, 0.3) is 6.08 Å². The largest absolute Gasteiger partial charge is 0.232 e. The van der Waals surface area contributed by atoms with E-state index in [4.69, 9.17) is 0 Å². The van der Waals surface area contributed by atoms with Crippen molar-refractivity contribution in [2.24, 2.45) is 4.99 Å². The molecule has 0 radical (unpaired) electrons. The summed E-state index contributed by atoms with van der Waals surface area (Å²) in [6, 6.07) is 10.6. The summed E-state index contributed by atoms with van der Waals surface area (Å²) in [7, 11) is 0. The van der Waals surface area contributed by atoms with Gasteiger partial charge in [-0.3, -0.25) is 0 Å². The van der Waals surface area contributed by atoms with E-state index in [2.05, 4.69) is 28.7 Å². The van der Waals surface area contributed by atoms with Crippen molar-refractivity contribution < 1.29 is 0 Å². The van der Waals surface area contributed by atoms with Gasteiger partial charge in [-0.25, -0.2) is 4.99 Å². The lowest BCUT2D eigenvalue weighted by molar-refractivity contribution is 0.445. The van der Waals surface area contributed by atoms with Gasteiger partial charge < -0.3 is 0 Å². The van der Waals surface area contributed by atoms with Crippen molar-refractivity contribution in [3.8, 4) is 0 Å². The van der Waals surface area contributed by atoms with E-state index < -0.39 is 0 Å². The van der Waals surface area contributed by atoms with Crippen molar-refractivity contribution >= 4 is 11.9 Å². The Labute approximate surface area is 97.2 Å². The molecule has 1 fully saturated rings. The Hall–Kier alpha value is -1.55. The predicted octanol–water partition coefficient (Wildman–Crippen LogP) is 3.86. The monoisotopic (exact) mass is 211 g/mol. The number of aliphatic imine (C=N–C) groups is 1. The highest BCUT2D eigenvalue weighted by atomic mass is 14.7. The van der Waals surface area contributed by atoms with Crippen molar-refractivity contribution in [1.82, 2.24) is 0 Å². The minimum atomic E-state index is 0.491. The van der Waals surface area contributed by atoms with Crippen LogP contribution in [0.4, 0.5) is 0 Å². The third-order valence-electron chi connectivity index (χ3n) is 2.92. The lowest BCUT2D eigenvalue weighted by Gasteiger charge is -2.15. The molecular weight excluding hydrogens is 194 g/mol. The fourth-order valence-corrected chi connectivity index (χ4v) is 2.00. The average molecular weight is 211 g/mol. The predicted molar refractivity (Wildman–Crippen MR) is 68.7 cm³/mol. The Balaban J connectivity index is 1.97. The molecule has 2 rings (SSSR count). The molecule has 1 nitrogen and oxygen atoms in total. The zero-order valence-corrected chi connectivity index (χ0v) is 9.52. The van der Waals surface area contributed by atoms with Gasteiger partial charge in [0.05, 0.1) is 6.04 Å². The Morgan fingerprint density at radius 2 is 1.81 bits per heavy atom. The molecule has 1 aliphatic carbocycles. The lowest BCUT2D eigenvalue weighted by atomic mass is 9.96. The molecule has 0 N–H and O–H groups in total. The van der Waals surface area contributed by atoms with E-state index in [-0.39, 0.29) is 0 Å². The molecule has 0 unspecified atom stereocenters. The molecule has 1 aromatic carbocycles. The number of nitrogens with zero attached hydrogens (tertiary/aromatic N) is 1. The lowest BCUT2D eigenvalue weighted by Crippen LogP contribution is -2.08. The van der Waals surface area contributed by atoms with Gasteiger partial charge in [-0.15, -0.1) is 0 Å². The number of hydrogen-bond donors (Lipinski definition) is 0. The molecule has 82 valence electrons. The molecule has 0 spiro atoms. The first kappa shape index (κ1) is 11.0. The summed E-state index contributed by atoms with van der Waals surface area (Å²) >= 11 is 0. The van der Waals surface area contributed by atoms with E-state index in [1.54, 1.807) is 0 Å². The summed E-state index contributed by atoms with van der Waals surface area (Å²) in [4.78, 5) is 4.41. The molecule has 1 aromatic rings. The van der Waals surface area contributed by atoms with Gasteiger partial charge in [0.15, 0.2) is 0 Å². The van der Waals surface area contributed by atoms with Crippen molar-refractivity contribution in [3.63, 3.8) is 0 Å². The van der Waals surface area contributed by atoms with Crippen LogP contribution < -0.4 is 0 Å². The summed E-state index contributed by atoms with van der Waals surface area (Å²) in [5.74, 6) is 2.92. The summed E-state index contributed by atoms with van der Waals surface area (Å²) < 4.78 is 0. The van der Waals surface area contributed by atoms with Crippen LogP contribution in [0.1, 0.15) is 37.7 Å². The van der Waals surface area contributed by atoms with E-state index in [0.717, 1.165) is 5.56 Å². The maximum absolute atomic E-state index is 4.41. The van der Waals surface area contributed by atoms with Crippen LogP contribution in [0, 0.1) is 0 Å². The molecule has 0 amide bonds. The number of benzene rings is 1. The molecule has 0 atom stereocenters. The van der Waals surface area contributed by atoms with Crippen LogP contribution in [0.15, 0.2) is 41.1 Å². The first-order valence-electron chi connectivity index (χ1n) is 6.04. The highest BCUT2D eigenvalue weighted by Gasteiger charge is 2.10. The van der Waals surface area contributed by atoms with Crippen molar-refractivity contribution in [2.75, 3.05) is 0 Å². The second kappa shape index (κ2) is 6.12. The molecule has 1 aliphatic rings. The van der Waals surface area contributed by atoms with Crippen LogP contribution in [0.5, 0.6) is 0 Å². The van der Waals surface area contributed by atoms with Gasteiger partial charge >= 0.3 is 0 Å². The standard InChI is InChI=1S/C15H17N/c1-3-8-14(9-4-1)10-7-13-16-15-11-5-2-6-12-15/h1,3-4,8-10,15H,2,5-6,11-12H2. The van der Waals surface area contributed by atoms with Crippen molar-refractivity contribution in [3.05, 3.63) is 41.6 Å². The summed E-state index contributed by atoms with van der Waals surface area (Å²) in [5.41, 5.74) is 4.15. The Bertz CT molecular complexity index is 400. The minimum Gasteiger partial charge on any atom is -0.232 e. The van der Waals surface area contributed by atoms with Crippen molar-refractivity contribution in [1.29, 1.82) is 0 Å². The summed E-state index contributed by atoms with van der Waals surface area (Å²) in [6.45, 7) is 0. The second-order valence-electron chi connectivity index (χ2n) is 4.23. The smallest absolute Gasteiger partial charge is 0.0600 e. The Morgan fingerprint density at radius 1 is 1.06 bits per heavy atom. The molecule has 0 heterocycles. The average Bonchev–Trinajstić information content (AvgIpc) is 2.37. The zero-order valence-electron chi connectivity index (χ0n) is 9.52. The number of rotatable bonds is 2. The fourth-order valence-electron chi connectivity index (χ4n) is 2.00. The molecule has 16 heavy (non-hydrogen) atoms. The maximum atomic E-state index is 4.41. The summed E-state index contributed by atoms with van der Waals surface area (Å²) in [5, 5.41) is 0.